The minimum atomic E-state index is -0.440. The third-order valence-corrected chi connectivity index (χ3v) is 5.21. The largest absolute Gasteiger partial charge is 0.394 e. The van der Waals surface area contributed by atoms with Gasteiger partial charge in [0.1, 0.15) is 0 Å². The maximum Gasteiger partial charge on any atom is 0.169 e. The number of aliphatic hydroxyl groups is 1. The van der Waals surface area contributed by atoms with Crippen LogP contribution in [0.4, 0.5) is 0 Å². The van der Waals surface area contributed by atoms with Crippen LogP contribution in [-0.2, 0) is 9.47 Å². The highest BCUT2D eigenvalue weighted by molar-refractivity contribution is 14.1. The molecule has 2 aliphatic heterocycles. The van der Waals surface area contributed by atoms with Gasteiger partial charge in [-0.25, -0.2) is 0 Å². The quantitative estimate of drug-likeness (QED) is 0.735. The summed E-state index contributed by atoms with van der Waals surface area (Å²) in [6.45, 7) is 6.63. The standard InChI is InChI=1S/C16H27IO3/c1-11-6-8-16(19-14(11)5-4-13(3)17)9-7-12(2)15(10-18)20-16/h4,11-12,14-15,18H,5-10H2,1-3H3/b13-4-/t11-,12-,14+,15-,16+/m0/s1. The lowest BCUT2D eigenvalue weighted by atomic mass is 9.84. The predicted octanol–water partition coefficient (Wildman–Crippen LogP) is 4.03. The third-order valence-electron chi connectivity index (χ3n) is 4.77. The van der Waals surface area contributed by atoms with Crippen molar-refractivity contribution >= 4 is 22.6 Å². The Hall–Kier alpha value is 0.350. The van der Waals surface area contributed by atoms with Crippen LogP contribution in [0.3, 0.4) is 0 Å². The zero-order valence-electron chi connectivity index (χ0n) is 12.8. The van der Waals surface area contributed by atoms with Crippen molar-refractivity contribution in [1.82, 2.24) is 0 Å². The summed E-state index contributed by atoms with van der Waals surface area (Å²) in [6, 6.07) is 0. The zero-order valence-corrected chi connectivity index (χ0v) is 14.9. The Labute approximate surface area is 136 Å². The average molecular weight is 394 g/mol. The Kier molecular flexibility index (Phi) is 5.91. The number of hydrogen-bond acceptors (Lipinski definition) is 3. The maximum absolute atomic E-state index is 9.48. The van der Waals surface area contributed by atoms with Gasteiger partial charge in [-0.2, -0.15) is 0 Å². The Morgan fingerprint density at radius 3 is 2.30 bits per heavy atom. The van der Waals surface area contributed by atoms with E-state index in [1.165, 1.54) is 3.58 Å². The van der Waals surface area contributed by atoms with Gasteiger partial charge < -0.3 is 14.6 Å². The van der Waals surface area contributed by atoms with Gasteiger partial charge in [-0.05, 0) is 64.2 Å². The summed E-state index contributed by atoms with van der Waals surface area (Å²) in [5.74, 6) is 0.552. The van der Waals surface area contributed by atoms with Crippen LogP contribution in [0.1, 0.15) is 52.9 Å². The summed E-state index contributed by atoms with van der Waals surface area (Å²) < 4.78 is 13.9. The lowest BCUT2D eigenvalue weighted by molar-refractivity contribution is -0.333. The molecule has 0 saturated carbocycles. The third kappa shape index (κ3) is 3.96. The van der Waals surface area contributed by atoms with E-state index >= 15 is 0 Å². The Morgan fingerprint density at radius 2 is 1.75 bits per heavy atom. The van der Waals surface area contributed by atoms with Gasteiger partial charge in [0.15, 0.2) is 5.79 Å². The van der Waals surface area contributed by atoms with E-state index in [-0.39, 0.29) is 18.8 Å². The van der Waals surface area contributed by atoms with Crippen LogP contribution in [0.5, 0.6) is 0 Å². The number of hydrogen-bond donors (Lipinski definition) is 1. The second-order valence-electron chi connectivity index (χ2n) is 6.46. The van der Waals surface area contributed by atoms with Crippen LogP contribution >= 0.6 is 22.6 Å². The van der Waals surface area contributed by atoms with E-state index in [0.717, 1.165) is 32.1 Å². The molecular formula is C16H27IO3. The van der Waals surface area contributed by atoms with Crippen molar-refractivity contribution in [3.63, 3.8) is 0 Å². The highest BCUT2D eigenvalue weighted by Gasteiger charge is 2.46. The molecule has 116 valence electrons. The minimum absolute atomic E-state index is 0.0698. The summed E-state index contributed by atoms with van der Waals surface area (Å²) in [5.41, 5.74) is 0. The molecule has 2 rings (SSSR count). The van der Waals surface area contributed by atoms with Crippen molar-refractivity contribution in [1.29, 1.82) is 0 Å². The first-order valence-electron chi connectivity index (χ1n) is 7.74. The molecule has 0 aromatic carbocycles. The van der Waals surface area contributed by atoms with Gasteiger partial charge in [0, 0.05) is 12.8 Å². The number of allylic oxidation sites excluding steroid dienone is 1. The molecule has 0 aromatic heterocycles. The molecule has 20 heavy (non-hydrogen) atoms. The van der Waals surface area contributed by atoms with E-state index in [4.69, 9.17) is 9.47 Å². The normalized spacial score (nSPS) is 43.0. The molecule has 1 spiro atoms. The minimum Gasteiger partial charge on any atom is -0.394 e. The molecule has 2 heterocycles. The number of rotatable bonds is 3. The van der Waals surface area contributed by atoms with Crippen molar-refractivity contribution in [3.05, 3.63) is 9.66 Å². The molecule has 4 heteroatoms. The van der Waals surface area contributed by atoms with E-state index < -0.39 is 5.79 Å². The van der Waals surface area contributed by atoms with Gasteiger partial charge >= 0.3 is 0 Å². The molecular weight excluding hydrogens is 367 g/mol. The lowest BCUT2D eigenvalue weighted by Crippen LogP contribution is -2.52. The highest BCUT2D eigenvalue weighted by atomic mass is 127. The lowest BCUT2D eigenvalue weighted by Gasteiger charge is -2.49. The van der Waals surface area contributed by atoms with Gasteiger partial charge in [0.25, 0.3) is 0 Å². The van der Waals surface area contributed by atoms with E-state index in [2.05, 4.69) is 49.4 Å². The summed E-state index contributed by atoms with van der Waals surface area (Å²) in [4.78, 5) is 0. The van der Waals surface area contributed by atoms with Gasteiger partial charge in [0.2, 0.25) is 0 Å². The molecule has 1 N–H and O–H groups in total. The van der Waals surface area contributed by atoms with Crippen molar-refractivity contribution in [3.8, 4) is 0 Å². The molecule has 0 aromatic rings. The predicted molar refractivity (Wildman–Crippen MR) is 88.8 cm³/mol. The van der Waals surface area contributed by atoms with E-state index in [9.17, 15) is 5.11 Å². The second kappa shape index (κ2) is 7.07. The number of ether oxygens (including phenoxy) is 2. The smallest absolute Gasteiger partial charge is 0.169 e. The van der Waals surface area contributed by atoms with Crippen molar-refractivity contribution in [2.45, 2.75) is 70.9 Å². The van der Waals surface area contributed by atoms with Gasteiger partial charge in [-0.15, -0.1) is 0 Å². The SMILES string of the molecule is C/C(I)=C/C[C@H]1O[C@]2(CC[C@H](C)[C@H](CO)O2)CC[C@@H]1C. The first kappa shape index (κ1) is 16.7. The summed E-state index contributed by atoms with van der Waals surface area (Å²) in [5, 5.41) is 9.48. The molecule has 5 atom stereocenters. The van der Waals surface area contributed by atoms with Gasteiger partial charge in [0.05, 0.1) is 18.8 Å². The van der Waals surface area contributed by atoms with Crippen molar-refractivity contribution in [2.75, 3.05) is 6.61 Å². The first-order chi connectivity index (χ1) is 9.46. The molecule has 0 bridgehead atoms. The fourth-order valence-corrected chi connectivity index (χ4v) is 3.47. The second-order valence-corrected chi connectivity index (χ2v) is 8.17. The van der Waals surface area contributed by atoms with E-state index in [1.54, 1.807) is 0 Å². The number of aliphatic hydroxyl groups excluding tert-OH is 1. The Bertz CT molecular complexity index is 350. The molecule has 2 aliphatic rings. The Balaban J connectivity index is 2.03. The van der Waals surface area contributed by atoms with Crippen LogP contribution in [-0.4, -0.2) is 29.7 Å². The molecule has 0 amide bonds. The monoisotopic (exact) mass is 394 g/mol. The van der Waals surface area contributed by atoms with Crippen LogP contribution in [0, 0.1) is 11.8 Å². The van der Waals surface area contributed by atoms with Gasteiger partial charge in [-0.3, -0.25) is 0 Å². The summed E-state index contributed by atoms with van der Waals surface area (Å²) in [6.07, 6.45) is 7.51. The Morgan fingerprint density at radius 1 is 1.20 bits per heavy atom. The highest BCUT2D eigenvalue weighted by Crippen LogP contribution is 2.43. The molecule has 0 aliphatic carbocycles. The van der Waals surface area contributed by atoms with Crippen LogP contribution in [0.2, 0.25) is 0 Å². The molecule has 2 fully saturated rings. The molecule has 0 unspecified atom stereocenters. The average Bonchev–Trinajstić information content (AvgIpc) is 2.43. The molecule has 3 nitrogen and oxygen atoms in total. The first-order valence-corrected chi connectivity index (χ1v) is 8.82. The van der Waals surface area contributed by atoms with E-state index in [1.807, 2.05) is 0 Å². The van der Waals surface area contributed by atoms with E-state index in [0.29, 0.717) is 11.8 Å². The van der Waals surface area contributed by atoms with Gasteiger partial charge in [-0.1, -0.05) is 19.9 Å². The van der Waals surface area contributed by atoms with Crippen molar-refractivity contribution in [2.24, 2.45) is 11.8 Å². The molecule has 2 saturated heterocycles. The van der Waals surface area contributed by atoms with Crippen LogP contribution in [0.25, 0.3) is 0 Å². The van der Waals surface area contributed by atoms with Crippen LogP contribution < -0.4 is 0 Å². The zero-order chi connectivity index (χ0) is 14.8. The summed E-state index contributed by atoms with van der Waals surface area (Å²) in [7, 11) is 0. The molecule has 0 radical (unpaired) electrons. The maximum atomic E-state index is 9.48. The number of halogens is 1. The fraction of sp³-hybridized carbons (Fsp3) is 0.875. The van der Waals surface area contributed by atoms with Crippen molar-refractivity contribution < 1.29 is 14.6 Å². The topological polar surface area (TPSA) is 38.7 Å². The fourth-order valence-electron chi connectivity index (χ4n) is 3.22. The summed E-state index contributed by atoms with van der Waals surface area (Å²) >= 11 is 2.34. The van der Waals surface area contributed by atoms with Crippen LogP contribution in [0.15, 0.2) is 9.66 Å².